The monoisotopic (exact) mass is 465 g/mol. The third-order valence-electron chi connectivity index (χ3n) is 6.93. The Balaban J connectivity index is 1.51. The van der Waals surface area contributed by atoms with Crippen LogP contribution in [0.3, 0.4) is 0 Å². The van der Waals surface area contributed by atoms with E-state index in [2.05, 4.69) is 53.1 Å². The summed E-state index contributed by atoms with van der Waals surface area (Å²) in [7, 11) is 0. The first kappa shape index (κ1) is 23.0. The molecule has 182 valence electrons. The van der Waals surface area contributed by atoms with Crippen LogP contribution in [0, 0.1) is 11.5 Å². The molecule has 8 heteroatoms. The van der Waals surface area contributed by atoms with Gasteiger partial charge in [-0.25, -0.2) is 4.98 Å². The van der Waals surface area contributed by atoms with Gasteiger partial charge < -0.3 is 20.5 Å². The fourth-order valence-corrected chi connectivity index (χ4v) is 5.05. The van der Waals surface area contributed by atoms with Crippen LogP contribution in [-0.4, -0.2) is 45.7 Å². The second-order valence-corrected chi connectivity index (χ2v) is 10.9. The van der Waals surface area contributed by atoms with Crippen molar-refractivity contribution in [3.63, 3.8) is 0 Å². The number of aromatic nitrogens is 4. The van der Waals surface area contributed by atoms with Crippen LogP contribution in [0.1, 0.15) is 62.5 Å². The molecule has 1 aliphatic carbocycles. The summed E-state index contributed by atoms with van der Waals surface area (Å²) in [4.78, 5) is 15.1. The van der Waals surface area contributed by atoms with E-state index < -0.39 is 6.08 Å². The molecule has 34 heavy (non-hydrogen) atoms. The fourth-order valence-electron chi connectivity index (χ4n) is 5.05. The number of nitrogens with one attached hydrogen (secondary N) is 1. The number of hydrogen-bond donors (Lipinski definition) is 2. The third kappa shape index (κ3) is 4.73. The first-order chi connectivity index (χ1) is 16.3. The highest BCUT2D eigenvalue weighted by atomic mass is 19.1. The van der Waals surface area contributed by atoms with Crippen molar-refractivity contribution in [2.24, 2.45) is 5.41 Å². The molecule has 5 rings (SSSR count). The van der Waals surface area contributed by atoms with E-state index in [0.717, 1.165) is 38.4 Å². The minimum Gasteiger partial charge on any atom is -0.382 e. The summed E-state index contributed by atoms with van der Waals surface area (Å²) < 4.78 is 16.1. The van der Waals surface area contributed by atoms with Gasteiger partial charge in [-0.3, -0.25) is 0 Å². The van der Waals surface area contributed by atoms with E-state index in [9.17, 15) is 4.39 Å². The summed E-state index contributed by atoms with van der Waals surface area (Å²) in [6.07, 6.45) is 5.91. The highest BCUT2D eigenvalue weighted by Crippen LogP contribution is 2.34. The number of aryl methyl sites for hydroxylation is 2. The largest absolute Gasteiger partial charge is 0.382 e. The van der Waals surface area contributed by atoms with Crippen LogP contribution in [0.15, 0.2) is 12.1 Å². The molecular weight excluding hydrogens is 429 g/mol. The van der Waals surface area contributed by atoms with Crippen molar-refractivity contribution in [2.75, 3.05) is 36.8 Å². The molecule has 2 aliphatic rings. The van der Waals surface area contributed by atoms with Crippen molar-refractivity contribution < 1.29 is 4.39 Å². The van der Waals surface area contributed by atoms with Crippen LogP contribution in [0.2, 0.25) is 0 Å². The number of fused-ring (bicyclic) bond motifs is 2. The van der Waals surface area contributed by atoms with Gasteiger partial charge in [-0.1, -0.05) is 26.8 Å². The van der Waals surface area contributed by atoms with E-state index in [0.29, 0.717) is 24.1 Å². The number of benzene rings is 1. The van der Waals surface area contributed by atoms with Crippen LogP contribution in [0.25, 0.3) is 11.2 Å². The predicted molar refractivity (Wildman–Crippen MR) is 135 cm³/mol. The van der Waals surface area contributed by atoms with Crippen molar-refractivity contribution in [3.05, 3.63) is 40.7 Å². The number of anilines is 2. The first-order valence-electron chi connectivity index (χ1n) is 12.6. The topological polar surface area (TPSA) is 84.9 Å². The van der Waals surface area contributed by atoms with Crippen LogP contribution >= 0.6 is 0 Å². The fraction of sp³-hybridized carbons (Fsp3) is 0.577. The van der Waals surface area contributed by atoms with Crippen molar-refractivity contribution >= 4 is 22.7 Å². The van der Waals surface area contributed by atoms with E-state index in [-0.39, 0.29) is 11.2 Å². The maximum absolute atomic E-state index is 14.1. The van der Waals surface area contributed by atoms with E-state index in [1.807, 2.05) is 4.57 Å². The van der Waals surface area contributed by atoms with Gasteiger partial charge in [-0.15, -0.1) is 0 Å². The lowest BCUT2D eigenvalue weighted by Crippen LogP contribution is -2.38. The van der Waals surface area contributed by atoms with Gasteiger partial charge in [-0.2, -0.15) is 14.4 Å². The van der Waals surface area contributed by atoms with Gasteiger partial charge in [0.2, 0.25) is 0 Å². The Morgan fingerprint density at radius 3 is 2.44 bits per heavy atom. The number of imidazole rings is 1. The molecule has 1 fully saturated rings. The summed E-state index contributed by atoms with van der Waals surface area (Å²) in [5.74, 6) is 0.954. The van der Waals surface area contributed by atoms with E-state index in [1.54, 1.807) is 0 Å². The number of rotatable bonds is 7. The Bertz CT molecular complexity index is 1190. The van der Waals surface area contributed by atoms with Gasteiger partial charge in [0.15, 0.2) is 17.0 Å². The molecule has 0 spiro atoms. The summed E-state index contributed by atoms with van der Waals surface area (Å²) in [5, 5.41) is 3.51. The van der Waals surface area contributed by atoms with Crippen molar-refractivity contribution in [3.8, 4) is 0 Å². The van der Waals surface area contributed by atoms with Gasteiger partial charge >= 0.3 is 6.08 Å². The molecule has 0 bridgehead atoms. The summed E-state index contributed by atoms with van der Waals surface area (Å²) >= 11 is 0. The maximum Gasteiger partial charge on any atom is 0.312 e. The normalized spacial score (nSPS) is 16.1. The minimum atomic E-state index is -0.810. The molecule has 0 atom stereocenters. The minimum absolute atomic E-state index is 0.0959. The summed E-state index contributed by atoms with van der Waals surface area (Å²) in [5.41, 5.74) is 12.8. The summed E-state index contributed by atoms with van der Waals surface area (Å²) in [6, 6.07) is 4.80. The lowest BCUT2D eigenvalue weighted by atomic mass is 9.88. The SMILES string of the molecule is CC(C)(C)CNCCn1c(Cc2cc3c(cc2N2CCC2)CCCC3)nc2c(N)nc(F)nc21. The molecule has 2 aromatic heterocycles. The molecule has 0 amide bonds. The lowest BCUT2D eigenvalue weighted by molar-refractivity contribution is 0.375. The summed E-state index contributed by atoms with van der Waals surface area (Å²) in [6.45, 7) is 11.1. The number of nitrogens with zero attached hydrogens (tertiary/aromatic N) is 5. The van der Waals surface area contributed by atoms with Crippen LogP contribution in [0.5, 0.6) is 0 Å². The van der Waals surface area contributed by atoms with Gasteiger partial charge in [0.05, 0.1) is 0 Å². The van der Waals surface area contributed by atoms with Crippen molar-refractivity contribution in [1.82, 2.24) is 24.8 Å². The molecule has 0 radical (unpaired) electrons. The Morgan fingerprint density at radius 1 is 1.03 bits per heavy atom. The molecule has 3 heterocycles. The molecular formula is C26H36FN7. The highest BCUT2D eigenvalue weighted by Gasteiger charge is 2.24. The van der Waals surface area contributed by atoms with Crippen molar-refractivity contribution in [1.29, 1.82) is 0 Å². The van der Waals surface area contributed by atoms with Crippen LogP contribution < -0.4 is 16.0 Å². The molecule has 3 N–H and O–H groups in total. The van der Waals surface area contributed by atoms with E-state index in [4.69, 9.17) is 10.7 Å². The molecule has 1 saturated heterocycles. The van der Waals surface area contributed by atoms with Crippen molar-refractivity contribution in [2.45, 2.75) is 65.8 Å². The molecule has 0 saturated carbocycles. The Labute approximate surface area is 201 Å². The number of nitrogen functional groups attached to an aromatic ring is 1. The van der Waals surface area contributed by atoms with Crippen LogP contribution in [0.4, 0.5) is 15.9 Å². The van der Waals surface area contributed by atoms with Gasteiger partial charge in [0.1, 0.15) is 5.82 Å². The standard InChI is InChI=1S/C26H36FN7/c1-26(2,3)16-29-9-12-34-21(30-22-23(28)31-25(27)32-24(22)34)15-19-13-17-7-4-5-8-18(17)14-20(19)33-10-6-11-33/h13-14,29H,4-12,15-16H2,1-3H3,(H2,28,31,32). The number of nitrogens with two attached hydrogens (primary N) is 1. The zero-order valence-corrected chi connectivity index (χ0v) is 20.6. The molecule has 7 nitrogen and oxygen atoms in total. The second kappa shape index (κ2) is 9.13. The highest BCUT2D eigenvalue weighted by molar-refractivity contribution is 5.82. The van der Waals surface area contributed by atoms with Crippen LogP contribution in [-0.2, 0) is 25.8 Å². The Kier molecular flexibility index (Phi) is 6.18. The zero-order valence-electron chi connectivity index (χ0n) is 20.6. The van der Waals surface area contributed by atoms with Gasteiger partial charge in [0.25, 0.3) is 0 Å². The van der Waals surface area contributed by atoms with E-state index >= 15 is 0 Å². The predicted octanol–water partition coefficient (Wildman–Crippen LogP) is 3.86. The first-order valence-corrected chi connectivity index (χ1v) is 12.6. The Morgan fingerprint density at radius 2 is 1.76 bits per heavy atom. The van der Waals surface area contributed by atoms with Gasteiger partial charge in [-0.05, 0) is 60.3 Å². The third-order valence-corrected chi connectivity index (χ3v) is 6.93. The molecule has 1 aromatic carbocycles. The second-order valence-electron chi connectivity index (χ2n) is 10.9. The van der Waals surface area contributed by atoms with E-state index in [1.165, 1.54) is 48.1 Å². The average molecular weight is 466 g/mol. The lowest BCUT2D eigenvalue weighted by Gasteiger charge is -2.36. The maximum atomic E-state index is 14.1. The zero-order chi connectivity index (χ0) is 23.9. The smallest absolute Gasteiger partial charge is 0.312 e. The molecule has 1 aliphatic heterocycles. The average Bonchev–Trinajstić information content (AvgIpc) is 3.07. The molecule has 3 aromatic rings. The molecule has 0 unspecified atom stereocenters. The number of hydrogen-bond acceptors (Lipinski definition) is 6. The quantitative estimate of drug-likeness (QED) is 0.407. The van der Waals surface area contributed by atoms with Gasteiger partial charge in [0, 0.05) is 44.8 Å². The number of halogens is 1. The Hall–Kier alpha value is -2.74.